The molecule has 7 heteroatoms. The van der Waals surface area contributed by atoms with Crippen LogP contribution in [-0.4, -0.2) is 26.1 Å². The highest BCUT2D eigenvalue weighted by Gasteiger charge is 2.30. The number of aryl methyl sites for hydroxylation is 1. The summed E-state index contributed by atoms with van der Waals surface area (Å²) in [7, 11) is 1.60. The molecule has 0 saturated carbocycles. The average Bonchev–Trinajstić information content (AvgIpc) is 2.88. The van der Waals surface area contributed by atoms with E-state index in [1.165, 1.54) is 0 Å². The monoisotopic (exact) mass is 482 g/mol. The van der Waals surface area contributed by atoms with E-state index in [2.05, 4.69) is 16.7 Å². The highest BCUT2D eigenvalue weighted by atomic mass is 19.4. The maximum atomic E-state index is 13.1. The second-order valence-electron chi connectivity index (χ2n) is 8.69. The molecule has 0 radical (unpaired) electrons. The number of hydrogen-bond donors (Lipinski definition) is 2. The molecule has 0 bridgehead atoms. The van der Waals surface area contributed by atoms with Crippen molar-refractivity contribution in [2.75, 3.05) is 20.2 Å². The van der Waals surface area contributed by atoms with Gasteiger partial charge in [0.05, 0.1) is 12.2 Å². The van der Waals surface area contributed by atoms with E-state index in [9.17, 15) is 18.0 Å². The van der Waals surface area contributed by atoms with E-state index in [4.69, 9.17) is 4.74 Å². The Morgan fingerprint density at radius 3 is 2.37 bits per heavy atom. The highest BCUT2D eigenvalue weighted by molar-refractivity contribution is 5.82. The summed E-state index contributed by atoms with van der Waals surface area (Å²) in [6, 6.07) is 20.3. The Morgan fingerprint density at radius 1 is 0.971 bits per heavy atom. The van der Waals surface area contributed by atoms with E-state index in [1.807, 2.05) is 42.5 Å². The Morgan fingerprint density at radius 2 is 1.69 bits per heavy atom. The quantitative estimate of drug-likeness (QED) is 0.438. The SMILES string of the molecule is CNC(=O)C(NCCC(c1ccc(C(F)(F)F)cc1)c1ccc2c(c1)CCCO2)c1ccccc1. The van der Waals surface area contributed by atoms with Gasteiger partial charge in [-0.15, -0.1) is 0 Å². The summed E-state index contributed by atoms with van der Waals surface area (Å²) < 4.78 is 45.1. The van der Waals surface area contributed by atoms with Gasteiger partial charge in [0.2, 0.25) is 5.91 Å². The maximum absolute atomic E-state index is 13.1. The Labute approximate surface area is 203 Å². The van der Waals surface area contributed by atoms with Crippen LogP contribution in [0.2, 0.25) is 0 Å². The lowest BCUT2D eigenvalue weighted by molar-refractivity contribution is -0.137. The zero-order valence-electron chi connectivity index (χ0n) is 19.6. The maximum Gasteiger partial charge on any atom is 0.416 e. The number of hydrogen-bond acceptors (Lipinski definition) is 3. The predicted octanol–water partition coefficient (Wildman–Crippen LogP) is 5.63. The first-order valence-electron chi connectivity index (χ1n) is 11.8. The average molecular weight is 483 g/mol. The predicted molar refractivity (Wildman–Crippen MR) is 129 cm³/mol. The van der Waals surface area contributed by atoms with Crippen molar-refractivity contribution >= 4 is 5.91 Å². The molecule has 4 rings (SSSR count). The van der Waals surface area contributed by atoms with Crippen molar-refractivity contribution in [3.8, 4) is 5.75 Å². The van der Waals surface area contributed by atoms with Gasteiger partial charge in [0.25, 0.3) is 0 Å². The fourth-order valence-corrected chi connectivity index (χ4v) is 4.55. The molecule has 1 aliphatic heterocycles. The van der Waals surface area contributed by atoms with Crippen LogP contribution in [0.3, 0.4) is 0 Å². The molecule has 3 aromatic rings. The van der Waals surface area contributed by atoms with E-state index >= 15 is 0 Å². The number of fused-ring (bicyclic) bond motifs is 1. The number of amides is 1. The third-order valence-electron chi connectivity index (χ3n) is 6.40. The van der Waals surface area contributed by atoms with Crippen molar-refractivity contribution in [3.05, 3.63) is 101 Å². The van der Waals surface area contributed by atoms with Crippen LogP contribution >= 0.6 is 0 Å². The van der Waals surface area contributed by atoms with Gasteiger partial charge in [0, 0.05) is 13.0 Å². The molecule has 1 heterocycles. The largest absolute Gasteiger partial charge is 0.493 e. The molecule has 4 nitrogen and oxygen atoms in total. The summed E-state index contributed by atoms with van der Waals surface area (Å²) >= 11 is 0. The number of nitrogens with one attached hydrogen (secondary N) is 2. The number of likely N-dealkylation sites (N-methyl/N-ethyl adjacent to an activating group) is 1. The molecule has 0 aromatic heterocycles. The minimum absolute atomic E-state index is 0.141. The van der Waals surface area contributed by atoms with Crippen molar-refractivity contribution < 1.29 is 22.7 Å². The lowest BCUT2D eigenvalue weighted by atomic mass is 9.86. The van der Waals surface area contributed by atoms with Crippen molar-refractivity contribution in [2.45, 2.75) is 37.4 Å². The van der Waals surface area contributed by atoms with Crippen molar-refractivity contribution in [2.24, 2.45) is 0 Å². The summed E-state index contributed by atoms with van der Waals surface area (Å²) in [6.07, 6.45) is -1.93. The van der Waals surface area contributed by atoms with Crippen molar-refractivity contribution in [1.82, 2.24) is 10.6 Å². The second-order valence-corrected chi connectivity index (χ2v) is 8.69. The lowest BCUT2D eigenvalue weighted by Crippen LogP contribution is -2.36. The van der Waals surface area contributed by atoms with Crippen LogP contribution in [-0.2, 0) is 17.4 Å². The van der Waals surface area contributed by atoms with Crippen LogP contribution < -0.4 is 15.4 Å². The first-order chi connectivity index (χ1) is 16.9. The Kier molecular flexibility index (Phi) is 7.76. The molecule has 0 aliphatic carbocycles. The van der Waals surface area contributed by atoms with Crippen LogP contribution in [0, 0.1) is 0 Å². The minimum Gasteiger partial charge on any atom is -0.493 e. The molecule has 1 aliphatic rings. The molecule has 2 unspecified atom stereocenters. The van der Waals surface area contributed by atoms with E-state index < -0.39 is 17.8 Å². The van der Waals surface area contributed by atoms with Gasteiger partial charge >= 0.3 is 6.18 Å². The first kappa shape index (κ1) is 24.8. The molecule has 35 heavy (non-hydrogen) atoms. The summed E-state index contributed by atoms with van der Waals surface area (Å²) in [5.74, 6) is 0.583. The first-order valence-corrected chi connectivity index (χ1v) is 11.8. The molecule has 3 aromatic carbocycles. The summed E-state index contributed by atoms with van der Waals surface area (Å²) in [4.78, 5) is 12.5. The minimum atomic E-state index is -4.38. The molecular formula is C28H29F3N2O2. The number of carbonyl (C=O) groups excluding carboxylic acids is 1. The van der Waals surface area contributed by atoms with Crippen molar-refractivity contribution in [1.29, 1.82) is 0 Å². The van der Waals surface area contributed by atoms with Crippen LogP contribution in [0.4, 0.5) is 13.2 Å². The van der Waals surface area contributed by atoms with Gasteiger partial charge in [0.1, 0.15) is 11.8 Å². The molecular weight excluding hydrogens is 453 g/mol. The van der Waals surface area contributed by atoms with Crippen molar-refractivity contribution in [3.63, 3.8) is 0 Å². The molecule has 0 saturated heterocycles. The third-order valence-corrected chi connectivity index (χ3v) is 6.40. The molecule has 0 fully saturated rings. The third kappa shape index (κ3) is 6.03. The number of ether oxygens (including phenoxy) is 1. The lowest BCUT2D eigenvalue weighted by Gasteiger charge is -2.24. The van der Waals surface area contributed by atoms with Gasteiger partial charge in [-0.3, -0.25) is 4.79 Å². The Balaban J connectivity index is 1.58. The van der Waals surface area contributed by atoms with Gasteiger partial charge in [-0.2, -0.15) is 13.2 Å². The topological polar surface area (TPSA) is 50.4 Å². The highest BCUT2D eigenvalue weighted by Crippen LogP contribution is 2.35. The zero-order valence-corrected chi connectivity index (χ0v) is 19.6. The van der Waals surface area contributed by atoms with Crippen LogP contribution in [0.25, 0.3) is 0 Å². The molecule has 0 spiro atoms. The van der Waals surface area contributed by atoms with Gasteiger partial charge in [-0.1, -0.05) is 54.6 Å². The Hall–Kier alpha value is -3.32. The van der Waals surface area contributed by atoms with Crippen LogP contribution in [0.15, 0.2) is 72.8 Å². The standard InChI is InChI=1S/C28H29F3N2O2/c1-32-27(34)26(20-6-3-2-4-7-20)33-16-15-24(19-9-12-23(13-10-19)28(29,30)31)21-11-14-25-22(18-21)8-5-17-35-25/h2-4,6-7,9-14,18,24,26,33H,5,8,15-17H2,1H3,(H,32,34). The summed E-state index contributed by atoms with van der Waals surface area (Å²) in [5, 5.41) is 6.04. The Bertz CT molecular complexity index is 1130. The van der Waals surface area contributed by atoms with Gasteiger partial charge in [-0.05, 0) is 66.3 Å². The fraction of sp³-hybridized carbons (Fsp3) is 0.321. The smallest absolute Gasteiger partial charge is 0.416 e. The normalized spacial score (nSPS) is 15.0. The number of benzene rings is 3. The molecule has 2 N–H and O–H groups in total. The molecule has 1 amide bonds. The zero-order chi connectivity index (χ0) is 24.8. The fourth-order valence-electron chi connectivity index (χ4n) is 4.55. The number of carbonyl (C=O) groups is 1. The van der Waals surface area contributed by atoms with Crippen LogP contribution in [0.1, 0.15) is 52.6 Å². The van der Waals surface area contributed by atoms with Gasteiger partial charge < -0.3 is 15.4 Å². The summed E-state index contributed by atoms with van der Waals surface area (Å²) in [5.41, 5.74) is 3.12. The van der Waals surface area contributed by atoms with E-state index in [0.29, 0.717) is 19.6 Å². The number of halogens is 3. The molecule has 184 valence electrons. The van der Waals surface area contributed by atoms with E-state index in [-0.39, 0.29) is 11.8 Å². The number of rotatable bonds is 8. The van der Waals surface area contributed by atoms with Crippen LogP contribution in [0.5, 0.6) is 5.75 Å². The van der Waals surface area contributed by atoms with E-state index in [1.54, 1.807) is 19.2 Å². The second kappa shape index (κ2) is 11.0. The number of alkyl halides is 3. The molecule has 2 atom stereocenters. The van der Waals surface area contributed by atoms with Gasteiger partial charge in [0.15, 0.2) is 0 Å². The summed E-state index contributed by atoms with van der Waals surface area (Å²) in [6.45, 7) is 1.19. The van der Waals surface area contributed by atoms with Gasteiger partial charge in [-0.25, -0.2) is 0 Å². The van der Waals surface area contributed by atoms with E-state index in [0.717, 1.165) is 53.0 Å².